The Labute approximate surface area is 241 Å². The highest BCUT2D eigenvalue weighted by Gasteiger charge is 2.35. The van der Waals surface area contributed by atoms with Gasteiger partial charge >= 0.3 is 0 Å². The lowest BCUT2D eigenvalue weighted by atomic mass is 9.86. The van der Waals surface area contributed by atoms with Crippen LogP contribution in [0, 0.1) is 5.92 Å². The molecule has 1 N–H and O–H groups in total. The summed E-state index contributed by atoms with van der Waals surface area (Å²) in [6.07, 6.45) is 13.4. The van der Waals surface area contributed by atoms with Crippen LogP contribution in [0.1, 0.15) is 69.9 Å². The molecule has 0 unspecified atom stereocenters. The van der Waals surface area contributed by atoms with Crippen molar-refractivity contribution in [1.29, 1.82) is 0 Å². The Morgan fingerprint density at radius 3 is 2.42 bits per heavy atom. The smallest absolute Gasteiger partial charge is 0.220 e. The Morgan fingerprint density at radius 2 is 1.68 bits per heavy atom. The van der Waals surface area contributed by atoms with Gasteiger partial charge in [0.1, 0.15) is 5.75 Å². The van der Waals surface area contributed by atoms with Gasteiger partial charge < -0.3 is 15.0 Å². The third kappa shape index (κ3) is 7.97. The number of carbonyl (C=O) groups is 1. The third-order valence-corrected chi connectivity index (χ3v) is 9.31. The number of anilines is 1. The van der Waals surface area contributed by atoms with E-state index in [4.69, 9.17) is 4.74 Å². The maximum atomic E-state index is 13.1. The van der Waals surface area contributed by atoms with Crippen molar-refractivity contribution in [1.82, 2.24) is 20.1 Å². The Hall–Kier alpha value is -2.64. The zero-order valence-electron chi connectivity index (χ0n) is 24.5. The molecule has 5 rings (SSSR count). The van der Waals surface area contributed by atoms with Crippen LogP contribution in [0.2, 0.25) is 0 Å². The van der Waals surface area contributed by atoms with Gasteiger partial charge in [0.15, 0.2) is 0 Å². The largest absolute Gasteiger partial charge is 0.495 e. The van der Waals surface area contributed by atoms with Crippen molar-refractivity contribution < 1.29 is 9.53 Å². The van der Waals surface area contributed by atoms with Crippen LogP contribution in [-0.4, -0.2) is 79.2 Å². The number of hydrogen-bond acceptors (Lipinski definition) is 6. The molecule has 1 aromatic heterocycles. The van der Waals surface area contributed by atoms with Crippen LogP contribution in [0.4, 0.5) is 5.69 Å². The van der Waals surface area contributed by atoms with Crippen LogP contribution in [-0.2, 0) is 11.3 Å². The Morgan fingerprint density at radius 1 is 0.925 bits per heavy atom. The molecule has 2 atom stereocenters. The third-order valence-electron chi connectivity index (χ3n) is 9.31. The van der Waals surface area contributed by atoms with Gasteiger partial charge in [-0.05, 0) is 55.9 Å². The molecule has 7 heteroatoms. The van der Waals surface area contributed by atoms with E-state index >= 15 is 0 Å². The van der Waals surface area contributed by atoms with Crippen molar-refractivity contribution in [2.45, 2.75) is 82.8 Å². The molecule has 2 aliphatic heterocycles. The molecule has 3 fully saturated rings. The molecule has 0 spiro atoms. The minimum atomic E-state index is 0.257. The standard InChI is InChI=1S/C33H49N5O2/c1-40-32-15-8-7-14-31(32)38-23-21-37(22-24-38)30-18-20-36(26-29-13-9-10-19-34-29)25-27(30)16-17-33(39)35-28-11-5-3-2-4-6-12-28/h7-10,13-15,19,27-28,30H,2-6,11-12,16-18,20-26H2,1H3,(H,35,39)/t27-,30+/m0/s1. The molecule has 1 saturated carbocycles. The zero-order valence-corrected chi connectivity index (χ0v) is 24.5. The molecule has 3 heterocycles. The van der Waals surface area contributed by atoms with Crippen molar-refractivity contribution in [3.8, 4) is 5.75 Å². The second-order valence-electron chi connectivity index (χ2n) is 12.0. The zero-order chi connectivity index (χ0) is 27.6. The first kappa shape index (κ1) is 28.9. The number of ether oxygens (including phenoxy) is 1. The van der Waals surface area contributed by atoms with E-state index in [2.05, 4.69) is 55.3 Å². The molecule has 2 saturated heterocycles. The molecule has 2 aromatic rings. The summed E-state index contributed by atoms with van der Waals surface area (Å²) in [6, 6.07) is 15.4. The van der Waals surface area contributed by atoms with Gasteiger partial charge in [-0.1, -0.05) is 50.3 Å². The maximum absolute atomic E-state index is 13.1. The topological polar surface area (TPSA) is 60.9 Å². The number of piperazine rings is 1. The highest BCUT2D eigenvalue weighted by atomic mass is 16.5. The van der Waals surface area contributed by atoms with Gasteiger partial charge in [-0.15, -0.1) is 0 Å². The molecular weight excluding hydrogens is 498 g/mol. The van der Waals surface area contributed by atoms with Crippen molar-refractivity contribution in [2.24, 2.45) is 5.92 Å². The molecule has 1 aliphatic carbocycles. The van der Waals surface area contributed by atoms with E-state index in [0.29, 0.717) is 24.4 Å². The number of para-hydroxylation sites is 2. The van der Waals surface area contributed by atoms with Crippen LogP contribution in [0.3, 0.4) is 0 Å². The normalized spacial score (nSPS) is 23.8. The lowest BCUT2D eigenvalue weighted by molar-refractivity contribution is -0.122. The number of benzene rings is 1. The number of pyridine rings is 1. The lowest BCUT2D eigenvalue weighted by Crippen LogP contribution is -2.56. The van der Waals surface area contributed by atoms with E-state index in [1.807, 2.05) is 18.3 Å². The monoisotopic (exact) mass is 547 g/mol. The Kier molecular flexibility index (Phi) is 10.7. The summed E-state index contributed by atoms with van der Waals surface area (Å²) in [5, 5.41) is 3.41. The van der Waals surface area contributed by atoms with Crippen molar-refractivity contribution in [3.05, 3.63) is 54.4 Å². The van der Waals surface area contributed by atoms with Gasteiger partial charge in [0.05, 0.1) is 18.5 Å². The van der Waals surface area contributed by atoms with Crippen LogP contribution in [0.15, 0.2) is 48.7 Å². The number of nitrogens with one attached hydrogen (secondary N) is 1. The minimum absolute atomic E-state index is 0.257. The first-order valence-corrected chi connectivity index (χ1v) is 15.7. The number of methoxy groups -OCH3 is 1. The van der Waals surface area contributed by atoms with Gasteiger partial charge in [-0.3, -0.25) is 19.6 Å². The van der Waals surface area contributed by atoms with E-state index in [9.17, 15) is 4.79 Å². The van der Waals surface area contributed by atoms with Gasteiger partial charge in [0.2, 0.25) is 5.91 Å². The molecule has 1 amide bonds. The quantitative estimate of drug-likeness (QED) is 0.471. The number of carbonyl (C=O) groups excluding carboxylic acids is 1. The number of piperidine rings is 1. The van der Waals surface area contributed by atoms with E-state index in [1.165, 1.54) is 37.8 Å². The lowest BCUT2D eigenvalue weighted by Gasteiger charge is -2.47. The molecule has 3 aliphatic rings. The SMILES string of the molecule is COc1ccccc1N1CCN([C@@H]2CCN(Cc3ccccn3)C[C@@H]2CCC(=O)NC2CCCCCCC2)CC1. The average molecular weight is 548 g/mol. The first-order chi connectivity index (χ1) is 19.7. The molecule has 0 bridgehead atoms. The fourth-order valence-corrected chi connectivity index (χ4v) is 7.13. The van der Waals surface area contributed by atoms with E-state index in [1.54, 1.807) is 7.11 Å². The summed E-state index contributed by atoms with van der Waals surface area (Å²) in [5.41, 5.74) is 2.32. The number of nitrogens with zero attached hydrogens (tertiary/aromatic N) is 4. The van der Waals surface area contributed by atoms with Crippen LogP contribution in [0.25, 0.3) is 0 Å². The van der Waals surface area contributed by atoms with Gasteiger partial charge in [-0.25, -0.2) is 0 Å². The summed E-state index contributed by atoms with van der Waals surface area (Å²) in [7, 11) is 1.76. The molecule has 0 radical (unpaired) electrons. The Bertz CT molecular complexity index is 1030. The first-order valence-electron chi connectivity index (χ1n) is 15.7. The highest BCUT2D eigenvalue weighted by Crippen LogP contribution is 2.32. The minimum Gasteiger partial charge on any atom is -0.495 e. The molecule has 218 valence electrons. The van der Waals surface area contributed by atoms with Crippen LogP contribution in [0.5, 0.6) is 5.75 Å². The predicted octanol–water partition coefficient (Wildman–Crippen LogP) is 5.11. The summed E-state index contributed by atoms with van der Waals surface area (Å²) in [4.78, 5) is 25.4. The van der Waals surface area contributed by atoms with E-state index < -0.39 is 0 Å². The number of amides is 1. The van der Waals surface area contributed by atoms with Crippen molar-refractivity contribution in [2.75, 3.05) is 51.3 Å². The second kappa shape index (κ2) is 14.8. The fraction of sp³-hybridized carbons (Fsp3) is 0.636. The van der Waals surface area contributed by atoms with Gasteiger partial charge in [0.25, 0.3) is 0 Å². The highest BCUT2D eigenvalue weighted by molar-refractivity contribution is 5.76. The van der Waals surface area contributed by atoms with Crippen molar-refractivity contribution in [3.63, 3.8) is 0 Å². The van der Waals surface area contributed by atoms with E-state index in [-0.39, 0.29) is 5.91 Å². The fourth-order valence-electron chi connectivity index (χ4n) is 7.13. The molecule has 40 heavy (non-hydrogen) atoms. The van der Waals surface area contributed by atoms with Gasteiger partial charge in [0, 0.05) is 70.5 Å². The van der Waals surface area contributed by atoms with Crippen molar-refractivity contribution >= 4 is 11.6 Å². The predicted molar refractivity (Wildman–Crippen MR) is 162 cm³/mol. The molecule has 7 nitrogen and oxygen atoms in total. The average Bonchev–Trinajstić information content (AvgIpc) is 2.98. The summed E-state index contributed by atoms with van der Waals surface area (Å²) in [5.74, 6) is 1.69. The summed E-state index contributed by atoms with van der Waals surface area (Å²) >= 11 is 0. The van der Waals surface area contributed by atoms with Crippen LogP contribution < -0.4 is 15.0 Å². The van der Waals surface area contributed by atoms with E-state index in [0.717, 1.165) is 82.9 Å². The second-order valence-corrected chi connectivity index (χ2v) is 12.0. The molecule has 1 aromatic carbocycles. The van der Waals surface area contributed by atoms with Crippen LogP contribution >= 0.6 is 0 Å². The Balaban J connectivity index is 1.19. The number of hydrogen-bond donors (Lipinski definition) is 1. The number of rotatable bonds is 9. The maximum Gasteiger partial charge on any atom is 0.220 e. The number of likely N-dealkylation sites (tertiary alicyclic amines) is 1. The molecular formula is C33H49N5O2. The number of aromatic nitrogens is 1. The summed E-state index contributed by atoms with van der Waals surface area (Å²) < 4.78 is 5.64. The van der Waals surface area contributed by atoms with Gasteiger partial charge in [-0.2, -0.15) is 0 Å². The summed E-state index contributed by atoms with van der Waals surface area (Å²) in [6.45, 7) is 7.11.